The zero-order chi connectivity index (χ0) is 22.2. The lowest BCUT2D eigenvalue weighted by molar-refractivity contribution is -0.129. The monoisotopic (exact) mass is 443 g/mol. The van der Waals surface area contributed by atoms with Gasteiger partial charge in [0.15, 0.2) is 0 Å². The average Bonchev–Trinajstić information content (AvgIpc) is 2.61. The van der Waals surface area contributed by atoms with Gasteiger partial charge in [-0.15, -0.1) is 23.2 Å². The maximum atomic E-state index is 12.9. The first-order valence-corrected chi connectivity index (χ1v) is 10.8. The smallest absolute Gasteiger partial charge is 0.374 e. The van der Waals surface area contributed by atoms with Crippen LogP contribution in [0.1, 0.15) is 32.8 Å². The highest BCUT2D eigenvalue weighted by Crippen LogP contribution is 2.24. The summed E-state index contributed by atoms with van der Waals surface area (Å²) in [5, 5.41) is 15.4. The molecule has 0 heterocycles. The number of hydrogen-bond acceptors (Lipinski definition) is 5. The fourth-order valence-electron chi connectivity index (χ4n) is 2.75. The zero-order valence-corrected chi connectivity index (χ0v) is 19.4. The number of amides is 1. The van der Waals surface area contributed by atoms with Crippen LogP contribution in [-0.2, 0) is 9.59 Å². The van der Waals surface area contributed by atoms with Crippen LogP contribution in [0.4, 0.5) is 11.4 Å². The molecular weight excluding hydrogens is 412 g/mol. The number of nitrogens with zero attached hydrogens (tertiary/aromatic N) is 1. The highest BCUT2D eigenvalue weighted by molar-refractivity contribution is 6.46. The van der Waals surface area contributed by atoms with Gasteiger partial charge in [0.2, 0.25) is 5.91 Å². The van der Waals surface area contributed by atoms with Crippen molar-refractivity contribution in [1.82, 2.24) is 5.23 Å². The van der Waals surface area contributed by atoms with Gasteiger partial charge < -0.3 is 20.5 Å². The van der Waals surface area contributed by atoms with E-state index in [1.165, 1.54) is 6.82 Å². The Hall–Kier alpha value is -1.28. The van der Waals surface area contributed by atoms with E-state index >= 15 is 0 Å². The van der Waals surface area contributed by atoms with Crippen LogP contribution in [0.3, 0.4) is 0 Å². The van der Waals surface area contributed by atoms with Gasteiger partial charge in [0.1, 0.15) is 5.78 Å². The average molecular weight is 444 g/mol. The summed E-state index contributed by atoms with van der Waals surface area (Å²) in [4.78, 5) is 27.4. The third-order valence-corrected chi connectivity index (χ3v) is 4.88. The van der Waals surface area contributed by atoms with Crippen LogP contribution in [0.15, 0.2) is 18.2 Å². The summed E-state index contributed by atoms with van der Waals surface area (Å²) in [6.45, 7) is 10.1. The quantitative estimate of drug-likeness (QED) is 0.361. The SMILES string of the molecule is CB(O)N[C@@H](CC(=O)C(C)(C)C)C(=O)Nc1cc(N(CCCl)CCCl)ccc1C. The summed E-state index contributed by atoms with van der Waals surface area (Å²) < 4.78 is 0. The molecule has 0 aliphatic heterocycles. The normalized spacial score (nSPS) is 12.4. The van der Waals surface area contributed by atoms with Crippen molar-refractivity contribution >= 4 is 53.3 Å². The van der Waals surface area contributed by atoms with E-state index in [0.29, 0.717) is 30.5 Å². The Balaban J connectivity index is 3.06. The topological polar surface area (TPSA) is 81.7 Å². The summed E-state index contributed by atoms with van der Waals surface area (Å²) in [6, 6.07) is 4.90. The van der Waals surface area contributed by atoms with Crippen molar-refractivity contribution in [3.8, 4) is 0 Å². The third-order valence-electron chi connectivity index (χ3n) is 4.54. The van der Waals surface area contributed by atoms with Crippen molar-refractivity contribution in [2.75, 3.05) is 35.1 Å². The molecule has 0 spiro atoms. The molecule has 1 rings (SSSR count). The van der Waals surface area contributed by atoms with Gasteiger partial charge >= 0.3 is 7.05 Å². The number of ketones is 1. The first-order valence-electron chi connectivity index (χ1n) is 9.75. The molecule has 1 aromatic rings. The Morgan fingerprint density at radius 1 is 1.21 bits per heavy atom. The number of benzene rings is 1. The van der Waals surface area contributed by atoms with E-state index in [1.807, 2.05) is 50.8 Å². The number of nitrogens with one attached hydrogen (secondary N) is 2. The van der Waals surface area contributed by atoms with E-state index in [9.17, 15) is 14.6 Å². The first kappa shape index (κ1) is 25.8. The molecule has 1 atom stereocenters. The number of carbonyl (C=O) groups is 2. The number of rotatable bonds is 11. The molecule has 0 saturated carbocycles. The van der Waals surface area contributed by atoms with Gasteiger partial charge in [-0.3, -0.25) is 9.59 Å². The van der Waals surface area contributed by atoms with Gasteiger partial charge in [0.25, 0.3) is 0 Å². The highest BCUT2D eigenvalue weighted by Gasteiger charge is 2.30. The molecule has 0 aliphatic rings. The Morgan fingerprint density at radius 3 is 2.28 bits per heavy atom. The Kier molecular flexibility index (Phi) is 10.5. The number of alkyl halides is 2. The molecule has 0 aliphatic carbocycles. The van der Waals surface area contributed by atoms with Crippen molar-refractivity contribution in [2.45, 2.75) is 47.0 Å². The fraction of sp³-hybridized carbons (Fsp3) is 0.600. The van der Waals surface area contributed by atoms with E-state index in [1.54, 1.807) is 0 Å². The number of Topliss-reactive ketones (excluding diaryl/α,β-unsaturated/α-hetero) is 1. The van der Waals surface area contributed by atoms with E-state index in [-0.39, 0.29) is 18.1 Å². The predicted molar refractivity (Wildman–Crippen MR) is 123 cm³/mol. The lowest BCUT2D eigenvalue weighted by Gasteiger charge is -2.25. The molecule has 0 aromatic heterocycles. The van der Waals surface area contributed by atoms with Crippen LogP contribution in [-0.4, -0.2) is 54.7 Å². The minimum atomic E-state index is -0.922. The van der Waals surface area contributed by atoms with Crippen LogP contribution < -0.4 is 15.4 Å². The first-order chi connectivity index (χ1) is 13.5. The molecule has 0 unspecified atom stereocenters. The molecule has 0 saturated heterocycles. The molecule has 162 valence electrons. The van der Waals surface area contributed by atoms with E-state index in [0.717, 1.165) is 11.3 Å². The second-order valence-corrected chi connectivity index (χ2v) is 8.88. The Labute approximate surface area is 184 Å². The lowest BCUT2D eigenvalue weighted by atomic mass is 9.83. The van der Waals surface area contributed by atoms with Gasteiger partial charge in [0.05, 0.1) is 6.04 Å². The second-order valence-electron chi connectivity index (χ2n) is 8.13. The summed E-state index contributed by atoms with van der Waals surface area (Å²) in [7, 11) is -0.922. The minimum absolute atomic E-state index is 0.0103. The third kappa shape index (κ3) is 8.55. The van der Waals surface area contributed by atoms with Crippen molar-refractivity contribution in [1.29, 1.82) is 0 Å². The molecule has 9 heteroatoms. The number of halogens is 2. The van der Waals surface area contributed by atoms with E-state index < -0.39 is 18.5 Å². The predicted octanol–water partition coefficient (Wildman–Crippen LogP) is 3.29. The molecule has 0 bridgehead atoms. The molecule has 0 radical (unpaired) electrons. The molecule has 1 amide bonds. The Bertz CT molecular complexity index is 690. The maximum Gasteiger partial charge on any atom is 0.374 e. The summed E-state index contributed by atoms with van der Waals surface area (Å²) in [5.41, 5.74) is 1.86. The Morgan fingerprint density at radius 2 is 1.79 bits per heavy atom. The van der Waals surface area contributed by atoms with Crippen molar-refractivity contribution in [3.63, 3.8) is 0 Å². The molecule has 3 N–H and O–H groups in total. The molecule has 6 nitrogen and oxygen atoms in total. The van der Waals surface area contributed by atoms with Crippen LogP contribution in [0.5, 0.6) is 0 Å². The van der Waals surface area contributed by atoms with Gasteiger partial charge in [-0.2, -0.15) is 0 Å². The van der Waals surface area contributed by atoms with Crippen LogP contribution in [0, 0.1) is 12.3 Å². The fourth-order valence-corrected chi connectivity index (χ4v) is 3.15. The number of carbonyl (C=O) groups excluding carboxylic acids is 2. The summed E-state index contributed by atoms with van der Waals surface area (Å²) in [5.74, 6) is 0.487. The number of anilines is 2. The summed E-state index contributed by atoms with van der Waals surface area (Å²) in [6.07, 6.45) is -0.0103. The maximum absolute atomic E-state index is 12.9. The van der Waals surface area contributed by atoms with Gasteiger partial charge in [0, 0.05) is 48.1 Å². The van der Waals surface area contributed by atoms with E-state index in [2.05, 4.69) is 10.5 Å². The zero-order valence-electron chi connectivity index (χ0n) is 17.9. The van der Waals surface area contributed by atoms with Crippen LogP contribution >= 0.6 is 23.2 Å². The van der Waals surface area contributed by atoms with Crippen molar-refractivity contribution in [3.05, 3.63) is 23.8 Å². The standard InChI is InChI=1S/C20H32BCl2N3O3/c1-14-6-7-15(26(10-8-22)11-9-23)12-16(14)24-19(28)17(25-21(5)29)13-18(27)20(2,3)4/h6-7,12,17,25,29H,8-11,13H2,1-5H3,(H,24,28)/t17-/m0/s1. The highest BCUT2D eigenvalue weighted by atomic mass is 35.5. The van der Waals surface area contributed by atoms with Crippen molar-refractivity contribution < 1.29 is 14.6 Å². The number of hydrogen-bond donors (Lipinski definition) is 3. The largest absolute Gasteiger partial charge is 0.437 e. The van der Waals surface area contributed by atoms with Gasteiger partial charge in [-0.25, -0.2) is 0 Å². The van der Waals surface area contributed by atoms with E-state index in [4.69, 9.17) is 23.2 Å². The van der Waals surface area contributed by atoms with Crippen molar-refractivity contribution in [2.24, 2.45) is 5.41 Å². The molecule has 0 fully saturated rings. The molecule has 29 heavy (non-hydrogen) atoms. The van der Waals surface area contributed by atoms with Crippen LogP contribution in [0.2, 0.25) is 6.82 Å². The number of aryl methyl sites for hydroxylation is 1. The lowest BCUT2D eigenvalue weighted by Crippen LogP contribution is -2.49. The van der Waals surface area contributed by atoms with Gasteiger partial charge in [-0.05, 0) is 31.4 Å². The minimum Gasteiger partial charge on any atom is -0.437 e. The van der Waals surface area contributed by atoms with Gasteiger partial charge in [-0.1, -0.05) is 26.8 Å². The molecule has 1 aromatic carbocycles. The second kappa shape index (κ2) is 11.8. The summed E-state index contributed by atoms with van der Waals surface area (Å²) >= 11 is 11.8. The molecular formula is C20H32BCl2N3O3. The van der Waals surface area contributed by atoms with Crippen LogP contribution in [0.25, 0.3) is 0 Å².